The van der Waals surface area contributed by atoms with Crippen molar-refractivity contribution < 1.29 is 32.1 Å². The summed E-state index contributed by atoms with van der Waals surface area (Å²) in [6, 6.07) is 15.4. The van der Waals surface area contributed by atoms with E-state index in [2.05, 4.69) is 0 Å². The molecule has 0 saturated carbocycles. The van der Waals surface area contributed by atoms with Crippen LogP contribution in [0.3, 0.4) is 0 Å². The molecule has 12 heteroatoms. The van der Waals surface area contributed by atoms with Gasteiger partial charge in [-0.05, 0) is 54.5 Å². The van der Waals surface area contributed by atoms with Gasteiger partial charge in [0.15, 0.2) is 4.99 Å². The van der Waals surface area contributed by atoms with Crippen LogP contribution in [0.2, 0.25) is 0 Å². The number of hydrogen-bond acceptors (Lipinski definition) is 4. The van der Waals surface area contributed by atoms with E-state index in [1.165, 1.54) is 0 Å². The van der Waals surface area contributed by atoms with Crippen molar-refractivity contribution in [3.63, 3.8) is 0 Å². The fraction of sp³-hybridized carbons (Fsp3) is 0.368. The normalized spacial score (nSPS) is 12.0. The van der Waals surface area contributed by atoms with Crippen LogP contribution in [-0.4, -0.2) is 189 Å². The van der Waals surface area contributed by atoms with Gasteiger partial charge in [-0.2, -0.15) is 8.42 Å². The van der Waals surface area contributed by atoms with Crippen LogP contribution in [0.15, 0.2) is 48.5 Å². The van der Waals surface area contributed by atoms with Crippen LogP contribution < -0.4 is 4.74 Å². The van der Waals surface area contributed by atoms with Gasteiger partial charge >= 0.3 is 162 Å². The summed E-state index contributed by atoms with van der Waals surface area (Å²) in [5.41, 5.74) is 2.91. The van der Waals surface area contributed by atoms with Crippen LogP contribution in [0.25, 0.3) is 11.1 Å². The number of aryl methyl sites for hydroxylation is 1. The molecule has 2 aromatic carbocycles. The molecular formula is C19H28K3O7PS. The molecule has 0 heterocycles. The predicted molar refractivity (Wildman–Crippen MR) is 129 cm³/mol. The van der Waals surface area contributed by atoms with Crippen molar-refractivity contribution in [3.8, 4) is 16.9 Å². The zero-order valence-corrected chi connectivity index (χ0v) is 17.3. The fourth-order valence-electron chi connectivity index (χ4n) is 2.82. The molecule has 31 heavy (non-hydrogen) atoms. The Balaban J connectivity index is 0. The number of rotatable bonds is 10. The van der Waals surface area contributed by atoms with Gasteiger partial charge in [-0.25, -0.2) is 0 Å². The number of benzene rings is 2. The van der Waals surface area contributed by atoms with E-state index in [0.29, 0.717) is 13.0 Å². The summed E-state index contributed by atoms with van der Waals surface area (Å²) in [6.07, 6.45) is 1.27. The van der Waals surface area contributed by atoms with Gasteiger partial charge in [0.2, 0.25) is 0 Å². The van der Waals surface area contributed by atoms with Crippen molar-refractivity contribution >= 4 is 172 Å². The molecule has 3 N–H and O–H groups in total. The maximum atomic E-state index is 11.3. The van der Waals surface area contributed by atoms with Crippen LogP contribution in [0.1, 0.15) is 31.7 Å². The van der Waals surface area contributed by atoms with E-state index in [1.807, 2.05) is 55.5 Å². The standard InChI is InChI=1S/C19H25O7PS.3K.3H/c1-2-13-26-18-7-4-6-17(14-18)16-11-9-15(10-12-16)5-3-8-19(27(20,21)22)28(23,24)25;;;;;;/h4,6-7,9-12,14,19H,2-3,5,8,13H2,1H3,(H2,20,21,22)(H,23,24,25);;;;;;. The fourth-order valence-corrected chi connectivity index (χ4v) is 5.19. The van der Waals surface area contributed by atoms with Crippen molar-refractivity contribution in [3.05, 3.63) is 54.1 Å². The number of hydrogen-bond donors (Lipinski definition) is 3. The Hall–Kier alpha value is 3.21. The average molecular weight is 549 g/mol. The first kappa shape index (κ1) is 36.4. The molecule has 2 aromatic rings. The summed E-state index contributed by atoms with van der Waals surface area (Å²) in [7, 11) is -9.74. The molecule has 0 aliphatic carbocycles. The van der Waals surface area contributed by atoms with E-state index < -0.39 is 22.7 Å². The summed E-state index contributed by atoms with van der Waals surface area (Å²) >= 11 is 0. The molecule has 0 spiro atoms. The Bertz CT molecular complexity index is 934. The second kappa shape index (κ2) is 17.6. The van der Waals surface area contributed by atoms with E-state index in [4.69, 9.17) is 19.1 Å². The van der Waals surface area contributed by atoms with Gasteiger partial charge in [-0.15, -0.1) is 0 Å². The molecule has 7 nitrogen and oxygen atoms in total. The molecule has 0 bridgehead atoms. The van der Waals surface area contributed by atoms with Gasteiger partial charge in [0.25, 0.3) is 10.1 Å². The molecule has 1 atom stereocenters. The van der Waals surface area contributed by atoms with Crippen LogP contribution in [-0.2, 0) is 21.1 Å². The van der Waals surface area contributed by atoms with E-state index in [0.717, 1.165) is 28.9 Å². The Morgan fingerprint density at radius 3 is 2.13 bits per heavy atom. The molecule has 1 unspecified atom stereocenters. The van der Waals surface area contributed by atoms with Crippen LogP contribution in [0, 0.1) is 0 Å². The van der Waals surface area contributed by atoms with Gasteiger partial charge < -0.3 is 14.5 Å². The topological polar surface area (TPSA) is 121 Å². The molecule has 0 saturated heterocycles. The van der Waals surface area contributed by atoms with Gasteiger partial charge in [0, 0.05) is 0 Å². The number of ether oxygens (including phenoxy) is 1. The zero-order chi connectivity index (χ0) is 20.8. The van der Waals surface area contributed by atoms with Crippen LogP contribution in [0.4, 0.5) is 0 Å². The van der Waals surface area contributed by atoms with Gasteiger partial charge in [-0.1, -0.05) is 43.3 Å². The molecular weight excluding hydrogens is 521 g/mol. The first-order chi connectivity index (χ1) is 13.1. The second-order valence-corrected chi connectivity index (χ2v) is 10.3. The molecule has 0 aliphatic heterocycles. The summed E-state index contributed by atoms with van der Waals surface area (Å²) in [5, 5.41) is 0. The molecule has 0 amide bonds. The molecule has 0 fully saturated rings. The maximum absolute atomic E-state index is 11.3. The first-order valence-corrected chi connectivity index (χ1v) is 12.1. The monoisotopic (exact) mass is 548 g/mol. The van der Waals surface area contributed by atoms with Crippen LogP contribution >= 0.6 is 7.60 Å². The molecule has 0 aliphatic rings. The van der Waals surface area contributed by atoms with E-state index in [9.17, 15) is 13.0 Å². The van der Waals surface area contributed by atoms with E-state index >= 15 is 0 Å². The van der Waals surface area contributed by atoms with Crippen LogP contribution in [0.5, 0.6) is 5.75 Å². The van der Waals surface area contributed by atoms with Gasteiger partial charge in [0.1, 0.15) is 5.75 Å². The Labute approximate surface area is 312 Å². The zero-order valence-electron chi connectivity index (χ0n) is 15.6. The van der Waals surface area contributed by atoms with Crippen molar-refractivity contribution in [2.75, 3.05) is 6.61 Å². The third kappa shape index (κ3) is 13.4. The van der Waals surface area contributed by atoms with E-state index in [1.54, 1.807) is 0 Å². The molecule has 0 aromatic heterocycles. The average Bonchev–Trinajstić information content (AvgIpc) is 2.62. The summed E-state index contributed by atoms with van der Waals surface area (Å²) in [4.78, 5) is 16.1. The van der Waals surface area contributed by atoms with Crippen molar-refractivity contribution in [1.82, 2.24) is 0 Å². The molecule has 160 valence electrons. The third-order valence-corrected chi connectivity index (χ3v) is 7.78. The Kier molecular flexibility index (Phi) is 20.7. The quantitative estimate of drug-likeness (QED) is 0.236. The van der Waals surface area contributed by atoms with Crippen molar-refractivity contribution in [2.24, 2.45) is 0 Å². The third-order valence-electron chi connectivity index (χ3n) is 4.23. The minimum atomic E-state index is -4.93. The molecule has 0 radical (unpaired) electrons. The molecule has 2 rings (SSSR count). The van der Waals surface area contributed by atoms with Gasteiger partial charge in [0.05, 0.1) is 6.61 Å². The Morgan fingerprint density at radius 2 is 1.61 bits per heavy atom. The second-order valence-electron chi connectivity index (χ2n) is 6.52. The summed E-state index contributed by atoms with van der Waals surface area (Å²) < 4.78 is 48.3. The first-order valence-electron chi connectivity index (χ1n) is 8.95. The van der Waals surface area contributed by atoms with Crippen molar-refractivity contribution in [1.29, 1.82) is 0 Å². The van der Waals surface area contributed by atoms with Crippen molar-refractivity contribution in [2.45, 2.75) is 37.6 Å². The van der Waals surface area contributed by atoms with Gasteiger partial charge in [-0.3, -0.25) is 9.12 Å². The van der Waals surface area contributed by atoms with E-state index in [-0.39, 0.29) is 167 Å². The SMILES string of the molecule is CCCOc1cccc(-c2ccc(CCCC(P(=O)(O)O)S(=O)(=O)O)cc2)c1.[KH].[KH].[KH]. The predicted octanol–water partition coefficient (Wildman–Crippen LogP) is 1.91. The summed E-state index contributed by atoms with van der Waals surface area (Å²) in [6.45, 7) is 2.70. The summed E-state index contributed by atoms with van der Waals surface area (Å²) in [5.74, 6) is 0.803. The minimum absolute atomic E-state index is 0. The Morgan fingerprint density at radius 1 is 1.00 bits per heavy atom.